The van der Waals surface area contributed by atoms with Gasteiger partial charge >= 0.3 is 6.09 Å². The first-order chi connectivity index (χ1) is 17.2. The predicted octanol–water partition coefficient (Wildman–Crippen LogP) is 2.74. The first kappa shape index (κ1) is 25.0. The van der Waals surface area contributed by atoms with E-state index in [1.807, 2.05) is 13.8 Å². The van der Waals surface area contributed by atoms with Crippen molar-refractivity contribution >= 4 is 23.6 Å². The molecule has 0 aromatic heterocycles. The Kier molecular flexibility index (Phi) is 7.10. The Morgan fingerprint density at radius 1 is 1.19 bits per heavy atom. The Labute approximate surface area is 208 Å². The Morgan fingerprint density at radius 2 is 1.94 bits per heavy atom. The minimum absolute atomic E-state index is 0.0104. The van der Waals surface area contributed by atoms with Crippen molar-refractivity contribution in [3.63, 3.8) is 0 Å². The van der Waals surface area contributed by atoms with Gasteiger partial charge in [0.05, 0.1) is 24.7 Å². The number of rotatable bonds is 6. The number of nitrogens with zero attached hydrogens (tertiary/aromatic N) is 3. The van der Waals surface area contributed by atoms with E-state index in [1.165, 1.54) is 15.9 Å². The molecule has 0 spiro atoms. The third kappa shape index (κ3) is 5.10. The van der Waals surface area contributed by atoms with Gasteiger partial charge in [0, 0.05) is 24.2 Å². The zero-order chi connectivity index (χ0) is 26.0. The number of ether oxygens (including phenoxy) is 1. The van der Waals surface area contributed by atoms with Gasteiger partial charge in [0.15, 0.2) is 0 Å². The molecule has 3 amide bonds. The number of nitriles is 1. The summed E-state index contributed by atoms with van der Waals surface area (Å²) in [5.74, 6) is -1.57. The molecule has 0 radical (unpaired) electrons. The predicted molar refractivity (Wildman–Crippen MR) is 129 cm³/mol. The van der Waals surface area contributed by atoms with Crippen LogP contribution in [0.5, 0.6) is 0 Å². The summed E-state index contributed by atoms with van der Waals surface area (Å²) in [5, 5.41) is 12.3. The number of fused-ring (bicyclic) bond motifs is 1. The average molecular weight is 494 g/mol. The lowest BCUT2D eigenvalue weighted by atomic mass is 10.0. The van der Waals surface area contributed by atoms with Gasteiger partial charge in [0.25, 0.3) is 0 Å². The molecule has 1 fully saturated rings. The highest BCUT2D eigenvalue weighted by Gasteiger charge is 2.43. The van der Waals surface area contributed by atoms with E-state index in [9.17, 15) is 18.8 Å². The van der Waals surface area contributed by atoms with Gasteiger partial charge in [-0.05, 0) is 35.7 Å². The van der Waals surface area contributed by atoms with Crippen molar-refractivity contribution in [1.82, 2.24) is 9.80 Å². The van der Waals surface area contributed by atoms with Gasteiger partial charge in [-0.3, -0.25) is 14.5 Å². The number of primary amides is 1. The van der Waals surface area contributed by atoms with Crippen LogP contribution in [0.3, 0.4) is 0 Å². The molecule has 2 aliphatic heterocycles. The van der Waals surface area contributed by atoms with Gasteiger partial charge in [0.2, 0.25) is 11.8 Å². The summed E-state index contributed by atoms with van der Waals surface area (Å²) in [7, 11) is 0. The molecule has 2 aliphatic rings. The number of nitrogens with two attached hydrogens (primary N) is 1. The van der Waals surface area contributed by atoms with Crippen molar-refractivity contribution in [2.45, 2.75) is 51.5 Å². The molecule has 36 heavy (non-hydrogen) atoms. The van der Waals surface area contributed by atoms with Crippen molar-refractivity contribution in [3.05, 3.63) is 65.0 Å². The van der Waals surface area contributed by atoms with E-state index in [4.69, 9.17) is 15.7 Å². The van der Waals surface area contributed by atoms with E-state index in [-0.39, 0.29) is 43.7 Å². The zero-order valence-electron chi connectivity index (χ0n) is 20.1. The maximum atomic E-state index is 14.1. The zero-order valence-corrected chi connectivity index (χ0v) is 20.1. The Hall–Kier alpha value is -4.13. The molecule has 2 aromatic carbocycles. The average Bonchev–Trinajstić information content (AvgIpc) is 3.48. The topological polar surface area (TPSA) is 129 Å². The van der Waals surface area contributed by atoms with Gasteiger partial charge in [0.1, 0.15) is 24.0 Å². The third-order valence-electron chi connectivity index (χ3n) is 6.57. The van der Waals surface area contributed by atoms with Crippen LogP contribution in [0.2, 0.25) is 0 Å². The SMILES string of the molecule is CC(C)[C@H](Nc1cccc(C#N)c1)C(=O)N1C[C@H](OC(=O)N2Cc3cccc(F)c3C2)C[C@H]1C(N)=O. The van der Waals surface area contributed by atoms with E-state index in [1.54, 1.807) is 36.4 Å². The maximum absolute atomic E-state index is 14.1. The number of halogens is 1. The second-order valence-electron chi connectivity index (χ2n) is 9.44. The summed E-state index contributed by atoms with van der Waals surface area (Å²) < 4.78 is 19.7. The van der Waals surface area contributed by atoms with E-state index < -0.39 is 30.2 Å². The normalized spacial score (nSPS) is 19.5. The summed E-state index contributed by atoms with van der Waals surface area (Å²) >= 11 is 0. The Morgan fingerprint density at radius 3 is 2.61 bits per heavy atom. The first-order valence-electron chi connectivity index (χ1n) is 11.8. The molecule has 0 saturated carbocycles. The minimum Gasteiger partial charge on any atom is -0.444 e. The van der Waals surface area contributed by atoms with Crippen LogP contribution in [0.4, 0.5) is 14.9 Å². The molecule has 3 atom stereocenters. The van der Waals surface area contributed by atoms with E-state index in [0.717, 1.165) is 5.56 Å². The number of amides is 3. The van der Waals surface area contributed by atoms with Gasteiger partial charge in [-0.1, -0.05) is 32.0 Å². The fraction of sp³-hybridized carbons (Fsp3) is 0.385. The quantitative estimate of drug-likeness (QED) is 0.637. The Bertz CT molecular complexity index is 1230. The highest BCUT2D eigenvalue weighted by molar-refractivity contribution is 5.91. The molecule has 0 aliphatic carbocycles. The van der Waals surface area contributed by atoms with Crippen molar-refractivity contribution in [2.24, 2.45) is 11.7 Å². The number of hydrogen-bond acceptors (Lipinski definition) is 6. The van der Waals surface area contributed by atoms with Gasteiger partial charge in [-0.2, -0.15) is 5.26 Å². The summed E-state index contributed by atoms with van der Waals surface area (Å²) in [4.78, 5) is 41.3. The van der Waals surface area contributed by atoms with Crippen LogP contribution in [0.15, 0.2) is 42.5 Å². The van der Waals surface area contributed by atoms with Crippen LogP contribution in [-0.2, 0) is 27.4 Å². The fourth-order valence-corrected chi connectivity index (χ4v) is 4.67. The fourth-order valence-electron chi connectivity index (χ4n) is 4.67. The summed E-state index contributed by atoms with van der Waals surface area (Å²) in [5.41, 5.74) is 7.82. The second kappa shape index (κ2) is 10.2. The summed E-state index contributed by atoms with van der Waals surface area (Å²) in [6.45, 7) is 4.05. The monoisotopic (exact) mass is 493 g/mol. The number of likely N-dealkylation sites (tertiary alicyclic amines) is 1. The smallest absolute Gasteiger partial charge is 0.410 e. The highest BCUT2D eigenvalue weighted by Crippen LogP contribution is 2.28. The lowest BCUT2D eigenvalue weighted by molar-refractivity contribution is -0.138. The molecule has 188 valence electrons. The standard InChI is InChI=1S/C26H28FN5O4/c1-15(2)23(30-18-7-3-5-16(9-18)11-28)25(34)32-13-19(10-22(32)24(29)33)36-26(35)31-12-17-6-4-8-21(27)20(17)14-31/h3-9,15,19,22-23,30H,10,12-14H2,1-2H3,(H2,29,33)/t19-,22+,23+/m1/s1. The molecule has 0 bridgehead atoms. The van der Waals surface area contributed by atoms with Crippen molar-refractivity contribution in [2.75, 3.05) is 11.9 Å². The highest BCUT2D eigenvalue weighted by atomic mass is 19.1. The summed E-state index contributed by atoms with van der Waals surface area (Å²) in [6.07, 6.45) is -1.29. The number of anilines is 1. The maximum Gasteiger partial charge on any atom is 0.410 e. The molecule has 2 heterocycles. The first-order valence-corrected chi connectivity index (χ1v) is 11.8. The molecule has 10 heteroatoms. The van der Waals surface area contributed by atoms with E-state index >= 15 is 0 Å². The number of nitrogens with one attached hydrogen (secondary N) is 1. The minimum atomic E-state index is -0.933. The summed E-state index contributed by atoms with van der Waals surface area (Å²) in [6, 6.07) is 11.9. The third-order valence-corrected chi connectivity index (χ3v) is 6.57. The van der Waals surface area contributed by atoms with Crippen LogP contribution in [0.25, 0.3) is 0 Å². The van der Waals surface area contributed by atoms with Gasteiger partial charge in [-0.15, -0.1) is 0 Å². The van der Waals surface area contributed by atoms with Crippen LogP contribution < -0.4 is 11.1 Å². The van der Waals surface area contributed by atoms with Crippen LogP contribution >= 0.6 is 0 Å². The molecule has 4 rings (SSSR count). The molecule has 9 nitrogen and oxygen atoms in total. The van der Waals surface area contributed by atoms with Gasteiger partial charge < -0.3 is 20.7 Å². The number of hydrogen-bond donors (Lipinski definition) is 2. The molecular formula is C26H28FN5O4. The van der Waals surface area contributed by atoms with E-state index in [0.29, 0.717) is 16.8 Å². The van der Waals surface area contributed by atoms with Crippen LogP contribution in [-0.4, -0.2) is 52.4 Å². The van der Waals surface area contributed by atoms with E-state index in [2.05, 4.69) is 11.4 Å². The number of carbonyl (C=O) groups is 3. The molecule has 2 aromatic rings. The lowest BCUT2D eigenvalue weighted by Gasteiger charge is -2.30. The van der Waals surface area contributed by atoms with Crippen LogP contribution in [0.1, 0.15) is 37.0 Å². The molecule has 3 N–H and O–H groups in total. The van der Waals surface area contributed by atoms with Crippen molar-refractivity contribution in [1.29, 1.82) is 5.26 Å². The second-order valence-corrected chi connectivity index (χ2v) is 9.44. The number of benzene rings is 2. The largest absolute Gasteiger partial charge is 0.444 e. The Balaban J connectivity index is 1.45. The number of carbonyl (C=O) groups excluding carboxylic acids is 3. The molecule has 1 saturated heterocycles. The van der Waals surface area contributed by atoms with Crippen LogP contribution in [0, 0.1) is 23.1 Å². The van der Waals surface area contributed by atoms with Crippen molar-refractivity contribution in [3.8, 4) is 6.07 Å². The van der Waals surface area contributed by atoms with Gasteiger partial charge in [-0.25, -0.2) is 9.18 Å². The molecule has 0 unspecified atom stereocenters. The van der Waals surface area contributed by atoms with Crippen molar-refractivity contribution < 1.29 is 23.5 Å². The lowest BCUT2D eigenvalue weighted by Crippen LogP contribution is -2.51. The molecular weight excluding hydrogens is 465 g/mol.